The van der Waals surface area contributed by atoms with Gasteiger partial charge in [-0.15, -0.1) is 0 Å². The van der Waals surface area contributed by atoms with E-state index in [2.05, 4.69) is 217 Å². The van der Waals surface area contributed by atoms with Crippen LogP contribution in [-0.4, -0.2) is 0 Å². The fraction of sp³-hybridized carbons (Fsp3) is 0. The zero-order valence-corrected chi connectivity index (χ0v) is 28.2. The van der Waals surface area contributed by atoms with E-state index >= 15 is 0 Å². The molecule has 9 rings (SSSR count). The molecule has 0 heterocycles. The third-order valence-electron chi connectivity index (χ3n) is 9.85. The van der Waals surface area contributed by atoms with Crippen LogP contribution in [0.3, 0.4) is 0 Å². The number of nitrogens with zero attached hydrogens (tertiary/aromatic N) is 1. The highest BCUT2D eigenvalue weighted by molar-refractivity contribution is 6.12. The summed E-state index contributed by atoms with van der Waals surface area (Å²) in [6.07, 6.45) is 0. The third kappa shape index (κ3) is 5.86. The Morgan fingerprint density at radius 1 is 0.275 bits per heavy atom. The summed E-state index contributed by atoms with van der Waals surface area (Å²) >= 11 is 0. The highest BCUT2D eigenvalue weighted by Crippen LogP contribution is 2.47. The van der Waals surface area contributed by atoms with Crippen LogP contribution in [0.25, 0.3) is 66.1 Å². The van der Waals surface area contributed by atoms with Crippen LogP contribution < -0.4 is 4.90 Å². The first kappa shape index (κ1) is 30.4. The molecule has 0 aliphatic heterocycles. The van der Waals surface area contributed by atoms with Gasteiger partial charge in [0.2, 0.25) is 0 Å². The van der Waals surface area contributed by atoms with Crippen molar-refractivity contribution < 1.29 is 0 Å². The van der Waals surface area contributed by atoms with Gasteiger partial charge in [0.1, 0.15) is 0 Å². The molecule has 0 fully saturated rings. The monoisotopic (exact) mass is 649 g/mol. The van der Waals surface area contributed by atoms with Crippen molar-refractivity contribution in [3.05, 3.63) is 212 Å². The number of benzene rings is 9. The molecule has 0 radical (unpaired) electrons. The van der Waals surface area contributed by atoms with Gasteiger partial charge in [0, 0.05) is 16.8 Å². The Morgan fingerprint density at radius 2 is 0.706 bits per heavy atom. The highest BCUT2D eigenvalue weighted by atomic mass is 15.1. The molecule has 51 heavy (non-hydrogen) atoms. The predicted molar refractivity (Wildman–Crippen MR) is 218 cm³/mol. The van der Waals surface area contributed by atoms with Crippen LogP contribution in [0.1, 0.15) is 0 Å². The summed E-state index contributed by atoms with van der Waals surface area (Å²) in [7, 11) is 0. The van der Waals surface area contributed by atoms with Crippen molar-refractivity contribution in [1.82, 2.24) is 0 Å². The molecule has 0 aliphatic carbocycles. The predicted octanol–water partition coefficient (Wildman–Crippen LogP) is 14.1. The number of fused-ring (bicyclic) bond motifs is 2. The molecule has 0 bridgehead atoms. The van der Waals surface area contributed by atoms with Gasteiger partial charge in [-0.25, -0.2) is 0 Å². The van der Waals surface area contributed by atoms with Crippen LogP contribution in [0.5, 0.6) is 0 Å². The quantitative estimate of drug-likeness (QED) is 0.166. The summed E-state index contributed by atoms with van der Waals surface area (Å²) in [4.78, 5) is 2.42. The van der Waals surface area contributed by atoms with E-state index in [-0.39, 0.29) is 0 Å². The van der Waals surface area contributed by atoms with Crippen LogP contribution >= 0.6 is 0 Å². The number of hydrogen-bond acceptors (Lipinski definition) is 1. The van der Waals surface area contributed by atoms with Crippen molar-refractivity contribution in [2.24, 2.45) is 0 Å². The lowest BCUT2D eigenvalue weighted by Crippen LogP contribution is -2.11. The Hall–Kier alpha value is -6.70. The van der Waals surface area contributed by atoms with Crippen molar-refractivity contribution in [3.8, 4) is 44.5 Å². The lowest BCUT2D eigenvalue weighted by molar-refractivity contribution is 1.30. The van der Waals surface area contributed by atoms with E-state index in [1.807, 2.05) is 0 Å². The summed E-state index contributed by atoms with van der Waals surface area (Å²) in [6, 6.07) is 76.7. The summed E-state index contributed by atoms with van der Waals surface area (Å²) < 4.78 is 0. The summed E-state index contributed by atoms with van der Waals surface area (Å²) in [5.41, 5.74) is 13.0. The summed E-state index contributed by atoms with van der Waals surface area (Å²) in [5.74, 6) is 0. The Kier molecular flexibility index (Phi) is 7.92. The van der Waals surface area contributed by atoms with Gasteiger partial charge in [0.15, 0.2) is 0 Å². The molecule has 0 spiro atoms. The minimum atomic E-state index is 1.10. The van der Waals surface area contributed by atoms with E-state index in [0.29, 0.717) is 0 Å². The molecule has 0 unspecified atom stereocenters. The maximum atomic E-state index is 2.42. The molecule has 1 heteroatoms. The van der Waals surface area contributed by atoms with Crippen molar-refractivity contribution in [1.29, 1.82) is 0 Å². The second-order valence-corrected chi connectivity index (χ2v) is 13.0. The van der Waals surface area contributed by atoms with Crippen molar-refractivity contribution in [2.45, 2.75) is 0 Å². The van der Waals surface area contributed by atoms with Gasteiger partial charge in [-0.2, -0.15) is 0 Å². The molecule has 0 saturated carbocycles. The lowest BCUT2D eigenvalue weighted by atomic mass is 9.87. The van der Waals surface area contributed by atoms with Crippen LogP contribution in [0.2, 0.25) is 0 Å². The Bertz CT molecular complexity index is 2510. The van der Waals surface area contributed by atoms with Gasteiger partial charge < -0.3 is 4.90 Å². The normalized spacial score (nSPS) is 11.1. The van der Waals surface area contributed by atoms with Crippen LogP contribution in [0.4, 0.5) is 17.1 Å². The minimum Gasteiger partial charge on any atom is -0.310 e. The molecule has 9 aromatic carbocycles. The fourth-order valence-electron chi connectivity index (χ4n) is 7.34. The first-order valence-corrected chi connectivity index (χ1v) is 17.5. The van der Waals surface area contributed by atoms with Gasteiger partial charge in [-0.1, -0.05) is 176 Å². The Morgan fingerprint density at radius 3 is 1.27 bits per heavy atom. The molecular formula is C50H35N. The van der Waals surface area contributed by atoms with E-state index < -0.39 is 0 Å². The molecule has 0 N–H and O–H groups in total. The van der Waals surface area contributed by atoms with E-state index in [1.54, 1.807) is 0 Å². The van der Waals surface area contributed by atoms with E-state index in [4.69, 9.17) is 0 Å². The number of rotatable bonds is 7. The fourth-order valence-corrected chi connectivity index (χ4v) is 7.34. The topological polar surface area (TPSA) is 3.24 Å². The lowest BCUT2D eigenvalue weighted by Gasteiger charge is -2.29. The molecule has 9 aromatic rings. The number of anilines is 3. The van der Waals surface area contributed by atoms with Gasteiger partial charge in [-0.05, 0) is 97.1 Å². The van der Waals surface area contributed by atoms with Crippen molar-refractivity contribution in [2.75, 3.05) is 4.90 Å². The molecule has 0 saturated heterocycles. The SMILES string of the molecule is c1ccc(-c2ccc(N(c3ccc(-c4ccccc4)cc3)c3cc(-c4ccccc4)c(-c4ccc5ccccc5c4)c4ccccc34)cc2)cc1. The Labute approximate surface area is 299 Å². The van der Waals surface area contributed by atoms with Crippen LogP contribution in [-0.2, 0) is 0 Å². The Balaban J connectivity index is 1.29. The van der Waals surface area contributed by atoms with Gasteiger partial charge in [0.25, 0.3) is 0 Å². The summed E-state index contributed by atoms with van der Waals surface area (Å²) in [5, 5.41) is 4.89. The van der Waals surface area contributed by atoms with E-state index in [0.717, 1.165) is 17.1 Å². The third-order valence-corrected chi connectivity index (χ3v) is 9.85. The molecule has 240 valence electrons. The van der Waals surface area contributed by atoms with Crippen molar-refractivity contribution >= 4 is 38.6 Å². The second kappa shape index (κ2) is 13.3. The maximum absolute atomic E-state index is 2.42. The molecule has 0 atom stereocenters. The molecule has 1 nitrogen and oxygen atoms in total. The number of hydrogen-bond donors (Lipinski definition) is 0. The zero-order valence-electron chi connectivity index (χ0n) is 28.2. The second-order valence-electron chi connectivity index (χ2n) is 13.0. The summed E-state index contributed by atoms with van der Waals surface area (Å²) in [6.45, 7) is 0. The minimum absolute atomic E-state index is 1.10. The van der Waals surface area contributed by atoms with E-state index in [1.165, 1.54) is 66.1 Å². The van der Waals surface area contributed by atoms with E-state index in [9.17, 15) is 0 Å². The van der Waals surface area contributed by atoms with Gasteiger partial charge in [-0.3, -0.25) is 0 Å². The van der Waals surface area contributed by atoms with Crippen molar-refractivity contribution in [3.63, 3.8) is 0 Å². The molecular weight excluding hydrogens is 615 g/mol. The molecule has 0 amide bonds. The van der Waals surface area contributed by atoms with Gasteiger partial charge in [0.05, 0.1) is 5.69 Å². The largest absolute Gasteiger partial charge is 0.310 e. The smallest absolute Gasteiger partial charge is 0.0546 e. The molecule has 0 aromatic heterocycles. The average Bonchev–Trinajstić information content (AvgIpc) is 3.22. The van der Waals surface area contributed by atoms with Gasteiger partial charge >= 0.3 is 0 Å². The molecule has 0 aliphatic rings. The first-order chi connectivity index (χ1) is 25.3. The van der Waals surface area contributed by atoms with Crippen LogP contribution in [0, 0.1) is 0 Å². The highest BCUT2D eigenvalue weighted by Gasteiger charge is 2.21. The maximum Gasteiger partial charge on any atom is 0.0546 e. The van der Waals surface area contributed by atoms with Crippen LogP contribution in [0.15, 0.2) is 212 Å². The average molecular weight is 650 g/mol. The first-order valence-electron chi connectivity index (χ1n) is 17.5. The zero-order chi connectivity index (χ0) is 34.0. The standard InChI is InChI=1S/C50H35N/c1-4-14-36(15-5-1)39-26-30-44(31-27-39)51(45-32-28-40(29-33-45)37-16-6-2-7-17-37)49-35-48(41-19-8-3-9-20-41)50(47-23-13-12-22-46(47)49)43-25-24-38-18-10-11-21-42(38)34-43/h1-35H.